The van der Waals surface area contributed by atoms with Gasteiger partial charge in [0.05, 0.1) is 6.10 Å². The molecule has 2 fully saturated rings. The Kier molecular flexibility index (Phi) is 2.06. The summed E-state index contributed by atoms with van der Waals surface area (Å²) in [6.07, 6.45) is -1.39. The standard InChI is InChI=1S/C9H15NO4/c1-4-5-6(7(12-4)8(10)11)14-9(2,3)13-5/h4-7H,1-3H3,(H2,10,11)/t4-,5?,6-,7-/m0/s1. The molecule has 0 saturated carbocycles. The summed E-state index contributed by atoms with van der Waals surface area (Å²) in [4.78, 5) is 11.1. The quantitative estimate of drug-likeness (QED) is 0.636. The van der Waals surface area contributed by atoms with Gasteiger partial charge < -0.3 is 19.9 Å². The summed E-state index contributed by atoms with van der Waals surface area (Å²) in [5.74, 6) is -1.15. The Hall–Kier alpha value is -0.650. The van der Waals surface area contributed by atoms with Gasteiger partial charge in [0.1, 0.15) is 12.2 Å². The zero-order valence-electron chi connectivity index (χ0n) is 8.52. The molecule has 2 aliphatic heterocycles. The molecule has 2 saturated heterocycles. The highest BCUT2D eigenvalue weighted by atomic mass is 16.8. The summed E-state index contributed by atoms with van der Waals surface area (Å²) < 4.78 is 16.5. The van der Waals surface area contributed by atoms with Crippen LogP contribution in [0.2, 0.25) is 0 Å². The first-order valence-electron chi connectivity index (χ1n) is 4.71. The zero-order chi connectivity index (χ0) is 10.5. The molecule has 4 atom stereocenters. The van der Waals surface area contributed by atoms with E-state index in [0.717, 1.165) is 0 Å². The number of ether oxygens (including phenoxy) is 3. The third-order valence-corrected chi connectivity index (χ3v) is 2.57. The average Bonchev–Trinajstić information content (AvgIpc) is 2.47. The van der Waals surface area contributed by atoms with Crippen molar-refractivity contribution in [2.24, 2.45) is 5.73 Å². The van der Waals surface area contributed by atoms with Crippen LogP contribution in [0.1, 0.15) is 20.8 Å². The summed E-state index contributed by atoms with van der Waals surface area (Å²) in [6.45, 7) is 5.48. The van der Waals surface area contributed by atoms with Crippen molar-refractivity contribution in [1.29, 1.82) is 0 Å². The van der Waals surface area contributed by atoms with Gasteiger partial charge in [0.15, 0.2) is 11.9 Å². The van der Waals surface area contributed by atoms with Crippen LogP contribution in [0.4, 0.5) is 0 Å². The smallest absolute Gasteiger partial charge is 0.249 e. The fraction of sp³-hybridized carbons (Fsp3) is 0.889. The lowest BCUT2D eigenvalue weighted by atomic mass is 10.1. The molecule has 5 nitrogen and oxygen atoms in total. The molecule has 0 aromatic rings. The highest BCUT2D eigenvalue weighted by Gasteiger charge is 2.55. The first kappa shape index (κ1) is 9.89. The van der Waals surface area contributed by atoms with Crippen LogP contribution in [0.15, 0.2) is 0 Å². The number of amides is 1. The van der Waals surface area contributed by atoms with Crippen molar-refractivity contribution in [3.8, 4) is 0 Å². The highest BCUT2D eigenvalue weighted by molar-refractivity contribution is 5.80. The van der Waals surface area contributed by atoms with Crippen molar-refractivity contribution in [3.63, 3.8) is 0 Å². The molecule has 0 bridgehead atoms. The zero-order valence-corrected chi connectivity index (χ0v) is 8.52. The second kappa shape index (κ2) is 2.92. The van der Waals surface area contributed by atoms with Crippen molar-refractivity contribution >= 4 is 5.91 Å². The number of hydrogen-bond donors (Lipinski definition) is 1. The van der Waals surface area contributed by atoms with Crippen LogP contribution >= 0.6 is 0 Å². The number of carbonyl (C=O) groups is 1. The lowest BCUT2D eigenvalue weighted by molar-refractivity contribution is -0.186. The maximum Gasteiger partial charge on any atom is 0.249 e. The topological polar surface area (TPSA) is 70.8 Å². The van der Waals surface area contributed by atoms with Gasteiger partial charge in [-0.25, -0.2) is 0 Å². The fourth-order valence-electron chi connectivity index (χ4n) is 2.03. The molecule has 0 aromatic heterocycles. The summed E-state index contributed by atoms with van der Waals surface area (Å²) >= 11 is 0. The first-order valence-corrected chi connectivity index (χ1v) is 4.71. The summed E-state index contributed by atoms with van der Waals surface area (Å²) in [7, 11) is 0. The number of fused-ring (bicyclic) bond motifs is 1. The van der Waals surface area contributed by atoms with E-state index in [1.54, 1.807) is 0 Å². The van der Waals surface area contributed by atoms with Crippen LogP contribution < -0.4 is 5.73 Å². The maximum absolute atomic E-state index is 11.1. The molecule has 80 valence electrons. The molecule has 1 amide bonds. The van der Waals surface area contributed by atoms with Crippen molar-refractivity contribution in [2.45, 2.75) is 51.0 Å². The SMILES string of the molecule is C[C@@H]1O[C@H](C(N)=O)[C@H]2OC(C)(C)OC12. The van der Waals surface area contributed by atoms with E-state index < -0.39 is 17.8 Å². The predicted molar refractivity (Wildman–Crippen MR) is 47.4 cm³/mol. The van der Waals surface area contributed by atoms with Crippen molar-refractivity contribution in [1.82, 2.24) is 0 Å². The first-order chi connectivity index (χ1) is 6.41. The minimum Gasteiger partial charge on any atom is -0.367 e. The van der Waals surface area contributed by atoms with E-state index in [1.807, 2.05) is 20.8 Å². The normalized spacial score (nSPS) is 45.1. The number of carbonyl (C=O) groups excluding carboxylic acids is 1. The molecule has 14 heavy (non-hydrogen) atoms. The van der Waals surface area contributed by atoms with Gasteiger partial charge in [-0.2, -0.15) is 0 Å². The molecule has 0 radical (unpaired) electrons. The minimum absolute atomic E-state index is 0.153. The molecule has 1 unspecified atom stereocenters. The van der Waals surface area contributed by atoms with E-state index in [9.17, 15) is 4.79 Å². The average molecular weight is 201 g/mol. The van der Waals surface area contributed by atoms with E-state index in [0.29, 0.717) is 0 Å². The molecular weight excluding hydrogens is 186 g/mol. The van der Waals surface area contributed by atoms with E-state index in [4.69, 9.17) is 19.9 Å². The van der Waals surface area contributed by atoms with Crippen LogP contribution in [-0.4, -0.2) is 36.1 Å². The van der Waals surface area contributed by atoms with Crippen LogP contribution in [0.3, 0.4) is 0 Å². The number of hydrogen-bond acceptors (Lipinski definition) is 4. The van der Waals surface area contributed by atoms with Gasteiger partial charge in [-0.1, -0.05) is 0 Å². The van der Waals surface area contributed by atoms with Gasteiger partial charge >= 0.3 is 0 Å². The molecule has 5 heteroatoms. The van der Waals surface area contributed by atoms with E-state index >= 15 is 0 Å². The second-order valence-corrected chi connectivity index (χ2v) is 4.23. The Balaban J connectivity index is 2.19. The van der Waals surface area contributed by atoms with Gasteiger partial charge in [0.2, 0.25) is 5.91 Å². The van der Waals surface area contributed by atoms with Crippen LogP contribution in [0, 0.1) is 0 Å². The Morgan fingerprint density at radius 3 is 2.43 bits per heavy atom. The summed E-state index contributed by atoms with van der Waals surface area (Å²) in [5, 5.41) is 0. The van der Waals surface area contributed by atoms with E-state index in [1.165, 1.54) is 0 Å². The Labute approximate surface area is 82.5 Å². The highest BCUT2D eigenvalue weighted by Crippen LogP contribution is 2.38. The largest absolute Gasteiger partial charge is 0.367 e. The lowest BCUT2D eigenvalue weighted by Gasteiger charge is -2.21. The van der Waals surface area contributed by atoms with Crippen molar-refractivity contribution in [3.05, 3.63) is 0 Å². The molecule has 0 spiro atoms. The number of rotatable bonds is 1. The van der Waals surface area contributed by atoms with Crippen LogP contribution in [0.25, 0.3) is 0 Å². The number of primary amides is 1. The Morgan fingerprint density at radius 2 is 1.86 bits per heavy atom. The van der Waals surface area contributed by atoms with Gasteiger partial charge in [-0.05, 0) is 20.8 Å². The van der Waals surface area contributed by atoms with E-state index in [-0.39, 0.29) is 18.3 Å². The lowest BCUT2D eigenvalue weighted by Crippen LogP contribution is -2.39. The minimum atomic E-state index is -0.684. The molecule has 2 aliphatic rings. The molecule has 2 rings (SSSR count). The van der Waals surface area contributed by atoms with Crippen molar-refractivity contribution in [2.75, 3.05) is 0 Å². The second-order valence-electron chi connectivity index (χ2n) is 4.23. The molecular formula is C9H15NO4. The summed E-state index contributed by atoms with van der Waals surface area (Å²) in [6, 6.07) is 0. The Morgan fingerprint density at radius 1 is 1.29 bits per heavy atom. The maximum atomic E-state index is 11.1. The molecule has 2 N–H and O–H groups in total. The van der Waals surface area contributed by atoms with Crippen LogP contribution in [0.5, 0.6) is 0 Å². The van der Waals surface area contributed by atoms with Gasteiger partial charge in [-0.3, -0.25) is 4.79 Å². The predicted octanol–water partition coefficient (Wildman–Crippen LogP) is -0.221. The van der Waals surface area contributed by atoms with Crippen molar-refractivity contribution < 1.29 is 19.0 Å². The van der Waals surface area contributed by atoms with Gasteiger partial charge in [0.25, 0.3) is 0 Å². The van der Waals surface area contributed by atoms with E-state index in [2.05, 4.69) is 0 Å². The molecule has 0 aromatic carbocycles. The van der Waals surface area contributed by atoms with Gasteiger partial charge in [-0.15, -0.1) is 0 Å². The fourth-order valence-corrected chi connectivity index (χ4v) is 2.03. The molecule has 0 aliphatic carbocycles. The third-order valence-electron chi connectivity index (χ3n) is 2.57. The van der Waals surface area contributed by atoms with Gasteiger partial charge in [0, 0.05) is 0 Å². The number of nitrogens with two attached hydrogens (primary N) is 1. The van der Waals surface area contributed by atoms with Crippen LogP contribution in [-0.2, 0) is 19.0 Å². The summed E-state index contributed by atoms with van der Waals surface area (Å²) in [5.41, 5.74) is 5.21. The third kappa shape index (κ3) is 1.41. The Bertz CT molecular complexity index is 266. The monoisotopic (exact) mass is 201 g/mol. The molecule has 2 heterocycles.